The first kappa shape index (κ1) is 14.4. The lowest BCUT2D eigenvalue weighted by molar-refractivity contribution is 0.318. The van der Waals surface area contributed by atoms with Gasteiger partial charge >= 0.3 is 0 Å². The summed E-state index contributed by atoms with van der Waals surface area (Å²) in [6.45, 7) is 11.0. The number of aryl methyl sites for hydroxylation is 1. The van der Waals surface area contributed by atoms with Gasteiger partial charge in [0.15, 0.2) is 0 Å². The van der Waals surface area contributed by atoms with E-state index in [2.05, 4.69) is 49.2 Å². The number of nitrogens with zero attached hydrogens (tertiary/aromatic N) is 1. The second-order valence-electron chi connectivity index (χ2n) is 5.75. The number of hydrogen-bond donors (Lipinski definition) is 1. The van der Waals surface area contributed by atoms with Crippen LogP contribution in [0.15, 0.2) is 18.2 Å². The van der Waals surface area contributed by atoms with Crippen LogP contribution >= 0.6 is 0 Å². The molecule has 0 aromatic heterocycles. The van der Waals surface area contributed by atoms with Gasteiger partial charge in [-0.3, -0.25) is 0 Å². The quantitative estimate of drug-likeness (QED) is 0.803. The number of benzene rings is 1. The average molecular weight is 260 g/mol. The molecule has 0 amide bonds. The minimum absolute atomic E-state index is 0.924. The van der Waals surface area contributed by atoms with Gasteiger partial charge in [-0.25, -0.2) is 0 Å². The van der Waals surface area contributed by atoms with Crippen molar-refractivity contribution in [2.45, 2.75) is 46.6 Å². The number of nitrogens with one attached hydrogen (secondary N) is 1. The smallest absolute Gasteiger partial charge is 0.0412 e. The molecule has 0 spiro atoms. The summed E-state index contributed by atoms with van der Waals surface area (Å²) in [7, 11) is 0. The largest absolute Gasteiger partial charge is 0.371 e. The van der Waals surface area contributed by atoms with Crippen LogP contribution in [0, 0.1) is 12.8 Å². The fourth-order valence-corrected chi connectivity index (χ4v) is 2.81. The fraction of sp³-hybridized carbons (Fsp3) is 0.647. The predicted octanol–water partition coefficient (Wildman–Crippen LogP) is 3.73. The Labute approximate surface area is 118 Å². The summed E-state index contributed by atoms with van der Waals surface area (Å²) in [5.74, 6) is 0.924. The van der Waals surface area contributed by atoms with Gasteiger partial charge in [-0.2, -0.15) is 0 Å². The molecule has 0 radical (unpaired) electrons. The highest BCUT2D eigenvalue weighted by molar-refractivity contribution is 5.55. The Morgan fingerprint density at radius 2 is 2.05 bits per heavy atom. The maximum atomic E-state index is 3.47. The van der Waals surface area contributed by atoms with Crippen molar-refractivity contribution in [3.05, 3.63) is 29.3 Å². The van der Waals surface area contributed by atoms with Crippen LogP contribution in [0.2, 0.25) is 0 Å². The molecule has 2 nitrogen and oxygen atoms in total. The zero-order valence-corrected chi connectivity index (χ0v) is 12.7. The van der Waals surface area contributed by atoms with Crippen LogP contribution in [0.3, 0.4) is 0 Å². The Morgan fingerprint density at radius 3 is 2.63 bits per heavy atom. The Bertz CT molecular complexity index is 396. The van der Waals surface area contributed by atoms with E-state index in [1.807, 2.05) is 0 Å². The van der Waals surface area contributed by atoms with Crippen LogP contribution < -0.4 is 10.2 Å². The lowest BCUT2D eigenvalue weighted by Crippen LogP contribution is -2.33. The maximum Gasteiger partial charge on any atom is 0.0412 e. The van der Waals surface area contributed by atoms with Crippen molar-refractivity contribution in [1.29, 1.82) is 0 Å². The van der Waals surface area contributed by atoms with E-state index < -0.39 is 0 Å². The Hall–Kier alpha value is -1.02. The van der Waals surface area contributed by atoms with Crippen molar-refractivity contribution in [2.75, 3.05) is 24.5 Å². The monoisotopic (exact) mass is 260 g/mol. The normalized spacial score (nSPS) is 15.3. The Balaban J connectivity index is 2.14. The van der Waals surface area contributed by atoms with Crippen molar-refractivity contribution in [3.8, 4) is 0 Å². The maximum absolute atomic E-state index is 3.47. The van der Waals surface area contributed by atoms with E-state index in [0.717, 1.165) is 25.6 Å². The highest BCUT2D eigenvalue weighted by Crippen LogP contribution is 2.30. The van der Waals surface area contributed by atoms with Crippen LogP contribution in [0.4, 0.5) is 5.69 Å². The van der Waals surface area contributed by atoms with Gasteiger partial charge in [0.2, 0.25) is 0 Å². The Morgan fingerprint density at radius 1 is 1.26 bits per heavy atom. The molecule has 1 aliphatic carbocycles. The summed E-state index contributed by atoms with van der Waals surface area (Å²) in [6.07, 6.45) is 4.27. The van der Waals surface area contributed by atoms with E-state index in [1.54, 1.807) is 0 Å². The molecule has 0 bridgehead atoms. The lowest BCUT2D eigenvalue weighted by atomic mass is 9.85. The van der Waals surface area contributed by atoms with E-state index in [9.17, 15) is 0 Å². The van der Waals surface area contributed by atoms with Crippen molar-refractivity contribution < 1.29 is 0 Å². The molecule has 1 aromatic carbocycles. The fourth-order valence-electron chi connectivity index (χ4n) is 2.81. The standard InChI is InChI=1S/C17H28N2/c1-4-18-12-16-11-14(3)9-10-17(16)19(5-2)13-15-7-6-8-15/h9-11,15,18H,4-8,12-13H2,1-3H3. The SMILES string of the molecule is CCNCc1cc(C)ccc1N(CC)CC1CCC1. The van der Waals surface area contributed by atoms with Gasteiger partial charge < -0.3 is 10.2 Å². The van der Waals surface area contributed by atoms with Gasteiger partial charge in [0.1, 0.15) is 0 Å². The number of hydrogen-bond acceptors (Lipinski definition) is 2. The summed E-state index contributed by atoms with van der Waals surface area (Å²) < 4.78 is 0. The minimum Gasteiger partial charge on any atom is -0.371 e. The summed E-state index contributed by atoms with van der Waals surface area (Å²) in [5.41, 5.74) is 4.24. The summed E-state index contributed by atoms with van der Waals surface area (Å²) in [4.78, 5) is 2.57. The van der Waals surface area contributed by atoms with Crippen LogP contribution in [-0.4, -0.2) is 19.6 Å². The first-order valence-electron chi connectivity index (χ1n) is 7.79. The third-order valence-corrected chi connectivity index (χ3v) is 4.23. The van der Waals surface area contributed by atoms with E-state index in [-0.39, 0.29) is 0 Å². The van der Waals surface area contributed by atoms with E-state index in [1.165, 1.54) is 42.6 Å². The van der Waals surface area contributed by atoms with Gasteiger partial charge in [-0.15, -0.1) is 0 Å². The molecule has 1 saturated carbocycles. The third-order valence-electron chi connectivity index (χ3n) is 4.23. The molecular formula is C17H28N2. The van der Waals surface area contributed by atoms with Crippen molar-refractivity contribution in [2.24, 2.45) is 5.92 Å². The second-order valence-corrected chi connectivity index (χ2v) is 5.75. The van der Waals surface area contributed by atoms with E-state index in [0.29, 0.717) is 0 Å². The molecule has 1 aromatic rings. The van der Waals surface area contributed by atoms with Crippen LogP contribution in [0.5, 0.6) is 0 Å². The Kier molecular flexibility index (Phi) is 5.26. The molecule has 1 aliphatic rings. The van der Waals surface area contributed by atoms with Crippen LogP contribution in [-0.2, 0) is 6.54 Å². The molecule has 2 heteroatoms. The van der Waals surface area contributed by atoms with E-state index in [4.69, 9.17) is 0 Å². The zero-order valence-electron chi connectivity index (χ0n) is 12.7. The van der Waals surface area contributed by atoms with Gasteiger partial charge in [-0.05, 0) is 50.8 Å². The molecule has 2 rings (SSSR count). The topological polar surface area (TPSA) is 15.3 Å². The first-order valence-corrected chi connectivity index (χ1v) is 7.79. The van der Waals surface area contributed by atoms with Gasteiger partial charge in [-0.1, -0.05) is 31.0 Å². The molecule has 106 valence electrons. The summed E-state index contributed by atoms with van der Waals surface area (Å²) >= 11 is 0. The number of anilines is 1. The molecule has 0 heterocycles. The second kappa shape index (κ2) is 6.95. The highest BCUT2D eigenvalue weighted by Gasteiger charge is 2.21. The highest BCUT2D eigenvalue weighted by atomic mass is 15.1. The van der Waals surface area contributed by atoms with Crippen molar-refractivity contribution >= 4 is 5.69 Å². The van der Waals surface area contributed by atoms with Crippen molar-refractivity contribution in [1.82, 2.24) is 5.32 Å². The van der Waals surface area contributed by atoms with Gasteiger partial charge in [0, 0.05) is 25.3 Å². The lowest BCUT2D eigenvalue weighted by Gasteiger charge is -2.34. The molecule has 0 saturated heterocycles. The van der Waals surface area contributed by atoms with Crippen LogP contribution in [0.25, 0.3) is 0 Å². The van der Waals surface area contributed by atoms with Gasteiger partial charge in [0.05, 0.1) is 0 Å². The summed E-state index contributed by atoms with van der Waals surface area (Å²) in [5, 5.41) is 3.47. The molecule has 0 aliphatic heterocycles. The first-order chi connectivity index (χ1) is 9.24. The average Bonchev–Trinajstić information content (AvgIpc) is 2.36. The van der Waals surface area contributed by atoms with Crippen molar-refractivity contribution in [3.63, 3.8) is 0 Å². The molecule has 0 unspecified atom stereocenters. The number of rotatable bonds is 7. The molecule has 1 fully saturated rings. The predicted molar refractivity (Wildman–Crippen MR) is 83.8 cm³/mol. The van der Waals surface area contributed by atoms with Crippen LogP contribution in [0.1, 0.15) is 44.2 Å². The zero-order chi connectivity index (χ0) is 13.7. The van der Waals surface area contributed by atoms with Gasteiger partial charge in [0.25, 0.3) is 0 Å². The minimum atomic E-state index is 0.924. The molecular weight excluding hydrogens is 232 g/mol. The van der Waals surface area contributed by atoms with E-state index >= 15 is 0 Å². The summed E-state index contributed by atoms with van der Waals surface area (Å²) in [6, 6.07) is 6.89. The molecule has 19 heavy (non-hydrogen) atoms. The third kappa shape index (κ3) is 3.73. The molecule has 0 atom stereocenters. The molecule has 1 N–H and O–H groups in total.